The van der Waals surface area contributed by atoms with E-state index in [1.54, 1.807) is 4.90 Å². The molecular weight excluding hydrogens is 380 g/mol. The van der Waals surface area contributed by atoms with E-state index in [9.17, 15) is 9.59 Å². The SMILES string of the molecule is CCCc1c(OCCCN2CC(=O)CCC2=O)ccc2c(-c3ccccc3)onc12. The molecule has 0 saturated carbocycles. The van der Waals surface area contributed by atoms with Crippen molar-refractivity contribution in [3.8, 4) is 17.1 Å². The van der Waals surface area contributed by atoms with Gasteiger partial charge >= 0.3 is 0 Å². The van der Waals surface area contributed by atoms with E-state index >= 15 is 0 Å². The number of nitrogens with zero attached hydrogens (tertiary/aromatic N) is 2. The van der Waals surface area contributed by atoms with Crippen molar-refractivity contribution in [3.05, 3.63) is 48.0 Å². The van der Waals surface area contributed by atoms with Gasteiger partial charge in [-0.2, -0.15) is 0 Å². The lowest BCUT2D eigenvalue weighted by atomic mass is 10.0. The number of carbonyl (C=O) groups excluding carboxylic acids is 2. The predicted octanol–water partition coefficient (Wildman–Crippen LogP) is 4.41. The van der Waals surface area contributed by atoms with Crippen molar-refractivity contribution >= 4 is 22.6 Å². The van der Waals surface area contributed by atoms with Crippen molar-refractivity contribution in [2.75, 3.05) is 19.7 Å². The van der Waals surface area contributed by atoms with E-state index in [-0.39, 0.29) is 18.2 Å². The first-order valence-corrected chi connectivity index (χ1v) is 10.6. The van der Waals surface area contributed by atoms with Gasteiger partial charge in [0.15, 0.2) is 11.5 Å². The fourth-order valence-electron chi connectivity index (χ4n) is 3.90. The summed E-state index contributed by atoms with van der Waals surface area (Å²) in [7, 11) is 0. The van der Waals surface area contributed by atoms with E-state index in [0.29, 0.717) is 32.4 Å². The Kier molecular flexibility index (Phi) is 6.12. The third-order valence-corrected chi connectivity index (χ3v) is 5.42. The summed E-state index contributed by atoms with van der Waals surface area (Å²) in [5.41, 5.74) is 2.88. The first-order chi connectivity index (χ1) is 14.7. The first kappa shape index (κ1) is 20.1. The van der Waals surface area contributed by atoms with Gasteiger partial charge in [-0.3, -0.25) is 9.59 Å². The molecule has 0 N–H and O–H groups in total. The van der Waals surface area contributed by atoms with Crippen LogP contribution < -0.4 is 4.74 Å². The number of aromatic nitrogens is 1. The Morgan fingerprint density at radius 2 is 1.93 bits per heavy atom. The Morgan fingerprint density at radius 1 is 1.10 bits per heavy atom. The van der Waals surface area contributed by atoms with Gasteiger partial charge in [-0.05, 0) is 25.0 Å². The standard InChI is InChI=1S/C24H26N2O4/c1-2-7-19-21(29-15-6-14-26-16-18(27)10-13-22(26)28)12-11-20-23(19)25-30-24(20)17-8-4-3-5-9-17/h3-5,8-9,11-12H,2,6-7,10,13-16H2,1H3. The van der Waals surface area contributed by atoms with Crippen LogP contribution in [0, 0.1) is 0 Å². The number of benzene rings is 2. The van der Waals surface area contributed by atoms with Gasteiger partial charge in [-0.1, -0.05) is 48.8 Å². The van der Waals surface area contributed by atoms with Crippen molar-refractivity contribution in [2.24, 2.45) is 0 Å². The molecule has 0 atom stereocenters. The van der Waals surface area contributed by atoms with E-state index in [1.807, 2.05) is 42.5 Å². The number of aryl methyl sites for hydroxylation is 1. The van der Waals surface area contributed by atoms with Crippen LogP contribution in [-0.4, -0.2) is 41.4 Å². The van der Waals surface area contributed by atoms with Crippen molar-refractivity contribution in [3.63, 3.8) is 0 Å². The fraction of sp³-hybridized carbons (Fsp3) is 0.375. The highest BCUT2D eigenvalue weighted by Gasteiger charge is 2.23. The highest BCUT2D eigenvalue weighted by molar-refractivity contribution is 5.94. The van der Waals surface area contributed by atoms with Crippen LogP contribution in [0.4, 0.5) is 0 Å². The molecule has 0 radical (unpaired) electrons. The van der Waals surface area contributed by atoms with Gasteiger partial charge in [-0.15, -0.1) is 0 Å². The minimum Gasteiger partial charge on any atom is -0.493 e. The van der Waals surface area contributed by atoms with Gasteiger partial charge in [0.2, 0.25) is 5.91 Å². The van der Waals surface area contributed by atoms with Gasteiger partial charge < -0.3 is 14.2 Å². The van der Waals surface area contributed by atoms with Gasteiger partial charge in [-0.25, -0.2) is 0 Å². The Hall–Kier alpha value is -3.15. The summed E-state index contributed by atoms with van der Waals surface area (Å²) >= 11 is 0. The maximum atomic E-state index is 11.9. The van der Waals surface area contributed by atoms with Gasteiger partial charge in [0, 0.05) is 30.5 Å². The van der Waals surface area contributed by atoms with E-state index in [4.69, 9.17) is 9.26 Å². The summed E-state index contributed by atoms with van der Waals surface area (Å²) in [4.78, 5) is 25.1. The van der Waals surface area contributed by atoms with Crippen molar-refractivity contribution in [2.45, 2.75) is 39.0 Å². The molecule has 1 aromatic heterocycles. The maximum absolute atomic E-state index is 11.9. The number of carbonyl (C=O) groups is 2. The minimum absolute atomic E-state index is 0.0544. The number of amides is 1. The molecule has 4 rings (SSSR count). The first-order valence-electron chi connectivity index (χ1n) is 10.6. The van der Waals surface area contributed by atoms with Crippen LogP contribution in [0.1, 0.15) is 38.2 Å². The second-order valence-electron chi connectivity index (χ2n) is 7.62. The number of ether oxygens (including phenoxy) is 1. The Labute approximate surface area is 175 Å². The van der Waals surface area contributed by atoms with Crippen LogP contribution in [0.5, 0.6) is 5.75 Å². The number of ketones is 1. The van der Waals surface area contributed by atoms with Crippen molar-refractivity contribution < 1.29 is 18.8 Å². The zero-order valence-electron chi connectivity index (χ0n) is 17.2. The number of piperidine rings is 1. The largest absolute Gasteiger partial charge is 0.493 e. The Bertz CT molecular complexity index is 1040. The summed E-state index contributed by atoms with van der Waals surface area (Å²) < 4.78 is 11.7. The van der Waals surface area contributed by atoms with E-state index < -0.39 is 0 Å². The molecule has 6 heteroatoms. The molecule has 1 saturated heterocycles. The molecule has 1 aliphatic rings. The minimum atomic E-state index is 0.0544. The molecule has 1 aliphatic heterocycles. The second kappa shape index (κ2) is 9.11. The summed E-state index contributed by atoms with van der Waals surface area (Å²) in [6.07, 6.45) is 3.18. The lowest BCUT2D eigenvalue weighted by Gasteiger charge is -2.25. The van der Waals surface area contributed by atoms with Crippen LogP contribution in [0.2, 0.25) is 0 Å². The molecule has 0 spiro atoms. The molecule has 0 aliphatic carbocycles. The Morgan fingerprint density at radius 3 is 2.73 bits per heavy atom. The summed E-state index contributed by atoms with van der Waals surface area (Å²) in [6, 6.07) is 13.9. The number of hydrogen-bond acceptors (Lipinski definition) is 5. The molecule has 30 heavy (non-hydrogen) atoms. The zero-order chi connectivity index (χ0) is 20.9. The predicted molar refractivity (Wildman–Crippen MR) is 114 cm³/mol. The van der Waals surface area contributed by atoms with Gasteiger partial charge in [0.1, 0.15) is 11.3 Å². The molecule has 2 aromatic carbocycles. The molecule has 0 unspecified atom stereocenters. The highest BCUT2D eigenvalue weighted by atomic mass is 16.5. The normalized spacial score (nSPS) is 14.5. The topological polar surface area (TPSA) is 72.6 Å². The van der Waals surface area contributed by atoms with E-state index in [2.05, 4.69) is 12.1 Å². The average Bonchev–Trinajstić information content (AvgIpc) is 3.20. The number of Topliss-reactive ketones (excluding diaryl/α,β-unsaturated/α-hetero) is 1. The number of hydrogen-bond donors (Lipinski definition) is 0. The Balaban J connectivity index is 1.48. The number of rotatable bonds is 8. The smallest absolute Gasteiger partial charge is 0.223 e. The second-order valence-corrected chi connectivity index (χ2v) is 7.62. The summed E-state index contributed by atoms with van der Waals surface area (Å²) in [6.45, 7) is 3.37. The summed E-state index contributed by atoms with van der Waals surface area (Å²) in [5.74, 6) is 1.76. The third kappa shape index (κ3) is 4.22. The maximum Gasteiger partial charge on any atom is 0.223 e. The van der Waals surface area contributed by atoms with Crippen LogP contribution in [0.15, 0.2) is 47.0 Å². The van der Waals surface area contributed by atoms with Crippen LogP contribution in [0.3, 0.4) is 0 Å². The summed E-state index contributed by atoms with van der Waals surface area (Å²) in [5, 5.41) is 5.33. The average molecular weight is 406 g/mol. The number of likely N-dealkylation sites (tertiary alicyclic amines) is 1. The third-order valence-electron chi connectivity index (χ3n) is 5.42. The molecule has 6 nitrogen and oxygen atoms in total. The molecule has 156 valence electrons. The van der Waals surface area contributed by atoms with Crippen LogP contribution in [0.25, 0.3) is 22.2 Å². The van der Waals surface area contributed by atoms with Gasteiger partial charge in [0.25, 0.3) is 0 Å². The van der Waals surface area contributed by atoms with E-state index in [0.717, 1.165) is 46.4 Å². The lowest BCUT2D eigenvalue weighted by molar-refractivity contribution is -0.140. The molecule has 3 aromatic rings. The van der Waals surface area contributed by atoms with Crippen LogP contribution in [-0.2, 0) is 16.0 Å². The monoisotopic (exact) mass is 406 g/mol. The molecular formula is C24H26N2O4. The quantitative estimate of drug-likeness (QED) is 0.518. The molecule has 0 bridgehead atoms. The zero-order valence-corrected chi connectivity index (χ0v) is 17.2. The number of fused-ring (bicyclic) bond motifs is 1. The highest BCUT2D eigenvalue weighted by Crippen LogP contribution is 2.35. The van der Waals surface area contributed by atoms with Crippen LogP contribution >= 0.6 is 0 Å². The van der Waals surface area contributed by atoms with E-state index in [1.165, 1.54) is 0 Å². The van der Waals surface area contributed by atoms with Crippen molar-refractivity contribution in [1.82, 2.24) is 10.1 Å². The fourth-order valence-corrected chi connectivity index (χ4v) is 3.90. The van der Waals surface area contributed by atoms with Gasteiger partial charge in [0.05, 0.1) is 18.5 Å². The lowest BCUT2D eigenvalue weighted by Crippen LogP contribution is -2.41. The molecule has 1 fully saturated rings. The molecule has 1 amide bonds. The van der Waals surface area contributed by atoms with Crippen molar-refractivity contribution in [1.29, 1.82) is 0 Å². The molecule has 2 heterocycles.